The predicted molar refractivity (Wildman–Crippen MR) is 113 cm³/mol. The molecule has 0 radical (unpaired) electrons. The molecule has 0 aromatic heterocycles. The third kappa shape index (κ3) is 4.72. The molecule has 0 amide bonds. The second kappa shape index (κ2) is 9.69. The molecular formula is C25H29F3O2. The molecule has 30 heavy (non-hydrogen) atoms. The fourth-order valence-electron chi connectivity index (χ4n) is 3.96. The van der Waals surface area contributed by atoms with Gasteiger partial charge in [0, 0.05) is 17.9 Å². The van der Waals surface area contributed by atoms with E-state index in [1.54, 1.807) is 6.07 Å². The van der Waals surface area contributed by atoms with Gasteiger partial charge in [-0.05, 0) is 54.9 Å². The van der Waals surface area contributed by atoms with Gasteiger partial charge in [-0.2, -0.15) is 4.39 Å². The van der Waals surface area contributed by atoms with Gasteiger partial charge in [0.15, 0.2) is 23.2 Å². The summed E-state index contributed by atoms with van der Waals surface area (Å²) < 4.78 is 55.4. The van der Waals surface area contributed by atoms with Gasteiger partial charge in [0.25, 0.3) is 0 Å². The average molecular weight is 418 g/mol. The lowest BCUT2D eigenvalue weighted by atomic mass is 9.93. The zero-order valence-electron chi connectivity index (χ0n) is 17.5. The summed E-state index contributed by atoms with van der Waals surface area (Å²) in [5.41, 5.74) is 1.41. The maximum absolute atomic E-state index is 14.8. The Morgan fingerprint density at radius 1 is 1.27 bits per heavy atom. The lowest BCUT2D eigenvalue weighted by Crippen LogP contribution is -2.25. The van der Waals surface area contributed by atoms with E-state index in [2.05, 4.69) is 19.7 Å². The number of hydrogen-bond donors (Lipinski definition) is 0. The minimum Gasteiger partial charge on any atom is -0.450 e. The Morgan fingerprint density at radius 3 is 2.67 bits per heavy atom. The molecule has 0 aliphatic carbocycles. The highest BCUT2D eigenvalue weighted by Crippen LogP contribution is 2.39. The Labute approximate surface area is 176 Å². The smallest absolute Gasteiger partial charge is 0.201 e. The second-order valence-electron chi connectivity index (χ2n) is 8.10. The van der Waals surface area contributed by atoms with Gasteiger partial charge in [0.2, 0.25) is 5.82 Å². The molecule has 3 rings (SSSR count). The number of rotatable bonds is 7. The lowest BCUT2D eigenvalue weighted by molar-refractivity contribution is -0.00790. The van der Waals surface area contributed by atoms with E-state index in [9.17, 15) is 13.2 Å². The van der Waals surface area contributed by atoms with Crippen molar-refractivity contribution in [1.82, 2.24) is 0 Å². The van der Waals surface area contributed by atoms with Gasteiger partial charge in [-0.25, -0.2) is 8.78 Å². The van der Waals surface area contributed by atoms with Gasteiger partial charge in [-0.3, -0.25) is 0 Å². The monoisotopic (exact) mass is 418 g/mol. The number of aryl methyl sites for hydroxylation is 1. The maximum Gasteiger partial charge on any atom is 0.201 e. The largest absolute Gasteiger partial charge is 0.450 e. The number of ether oxygens (including phenoxy) is 2. The van der Waals surface area contributed by atoms with Gasteiger partial charge in [-0.1, -0.05) is 32.6 Å². The van der Waals surface area contributed by atoms with Crippen LogP contribution in [0.15, 0.2) is 54.6 Å². The Balaban J connectivity index is 1.77. The highest BCUT2D eigenvalue weighted by atomic mass is 19.2. The normalized spacial score (nSPS) is 22.9. The van der Waals surface area contributed by atoms with Crippen LogP contribution in [-0.4, -0.2) is 12.7 Å². The molecular weight excluding hydrogens is 389 g/mol. The Morgan fingerprint density at radius 2 is 2.03 bits per heavy atom. The van der Waals surface area contributed by atoms with Crippen LogP contribution in [0.3, 0.4) is 0 Å². The SMILES string of the molecule is C=CC1CCC(CCc2cc3c(c(F)c2F)O/C(=C(\F)C(=C)CCC)C(=C)C3)OC1. The van der Waals surface area contributed by atoms with Gasteiger partial charge in [-0.15, -0.1) is 6.58 Å². The third-order valence-electron chi connectivity index (χ3n) is 5.78. The number of allylic oxidation sites excluding steroid dienone is 3. The van der Waals surface area contributed by atoms with Crippen LogP contribution >= 0.6 is 0 Å². The van der Waals surface area contributed by atoms with E-state index in [-0.39, 0.29) is 35.2 Å². The summed E-state index contributed by atoms with van der Waals surface area (Å²) in [4.78, 5) is 0. The molecule has 0 saturated carbocycles. The zero-order chi connectivity index (χ0) is 21.8. The molecule has 1 fully saturated rings. The first-order valence-corrected chi connectivity index (χ1v) is 10.5. The Bertz CT molecular complexity index is 877. The summed E-state index contributed by atoms with van der Waals surface area (Å²) in [7, 11) is 0. The van der Waals surface area contributed by atoms with Crippen LogP contribution in [0.25, 0.3) is 0 Å². The molecule has 0 N–H and O–H groups in total. The number of benzene rings is 1. The highest BCUT2D eigenvalue weighted by molar-refractivity contribution is 5.51. The number of hydrogen-bond acceptors (Lipinski definition) is 2. The summed E-state index contributed by atoms with van der Waals surface area (Å²) in [5, 5.41) is 0. The van der Waals surface area contributed by atoms with Crippen LogP contribution in [0.1, 0.15) is 50.2 Å². The van der Waals surface area contributed by atoms with Crippen molar-refractivity contribution in [2.75, 3.05) is 6.61 Å². The van der Waals surface area contributed by atoms with Crippen molar-refractivity contribution < 1.29 is 22.6 Å². The van der Waals surface area contributed by atoms with Crippen molar-refractivity contribution in [3.05, 3.63) is 77.4 Å². The minimum absolute atomic E-state index is 0.0270. The molecule has 1 saturated heterocycles. The number of halogens is 3. The lowest BCUT2D eigenvalue weighted by Gasteiger charge is -2.28. The molecule has 1 aromatic carbocycles. The third-order valence-corrected chi connectivity index (χ3v) is 5.78. The van der Waals surface area contributed by atoms with Crippen LogP contribution in [0.2, 0.25) is 0 Å². The molecule has 2 atom stereocenters. The molecule has 1 aromatic rings. The van der Waals surface area contributed by atoms with Crippen LogP contribution in [0.4, 0.5) is 13.2 Å². The standard InChI is InChI=1S/C25H29F3O2/c1-5-7-15(3)21(26)24-16(4)12-19-13-18(22(27)23(28)25(19)30-24)9-11-20-10-8-17(6-2)14-29-20/h6,13,17,20H,2-5,7-12,14H2,1H3/b24-21-. The van der Waals surface area contributed by atoms with Crippen molar-refractivity contribution in [3.8, 4) is 5.75 Å². The minimum atomic E-state index is -1.09. The fourth-order valence-corrected chi connectivity index (χ4v) is 3.96. The van der Waals surface area contributed by atoms with Gasteiger partial charge < -0.3 is 9.47 Å². The highest BCUT2D eigenvalue weighted by Gasteiger charge is 2.29. The van der Waals surface area contributed by atoms with Crippen molar-refractivity contribution in [2.45, 2.75) is 58.0 Å². The molecule has 0 bridgehead atoms. The van der Waals surface area contributed by atoms with Crippen LogP contribution in [0.5, 0.6) is 5.75 Å². The predicted octanol–water partition coefficient (Wildman–Crippen LogP) is 6.91. The molecule has 2 unspecified atom stereocenters. The first kappa shape index (κ1) is 22.4. The second-order valence-corrected chi connectivity index (χ2v) is 8.10. The van der Waals surface area contributed by atoms with E-state index in [0.29, 0.717) is 49.3 Å². The molecule has 2 aliphatic heterocycles. The summed E-state index contributed by atoms with van der Waals surface area (Å²) >= 11 is 0. The quantitative estimate of drug-likeness (QED) is 0.448. The van der Waals surface area contributed by atoms with E-state index in [4.69, 9.17) is 9.47 Å². The van der Waals surface area contributed by atoms with Gasteiger partial charge in [0.05, 0.1) is 12.7 Å². The maximum atomic E-state index is 14.8. The van der Waals surface area contributed by atoms with Crippen molar-refractivity contribution in [1.29, 1.82) is 0 Å². The first-order valence-electron chi connectivity index (χ1n) is 10.5. The van der Waals surface area contributed by atoms with E-state index in [1.165, 1.54) is 0 Å². The van der Waals surface area contributed by atoms with Crippen molar-refractivity contribution >= 4 is 0 Å². The van der Waals surface area contributed by atoms with Crippen LogP contribution in [-0.2, 0) is 17.6 Å². The van der Waals surface area contributed by atoms with E-state index in [1.807, 2.05) is 13.0 Å². The van der Waals surface area contributed by atoms with Gasteiger partial charge >= 0.3 is 0 Å². The molecule has 2 nitrogen and oxygen atoms in total. The average Bonchev–Trinajstić information content (AvgIpc) is 2.75. The molecule has 2 aliphatic rings. The fraction of sp³-hybridized carbons (Fsp3) is 0.440. The Kier molecular flexibility index (Phi) is 7.24. The Hall–Kier alpha value is -2.27. The van der Waals surface area contributed by atoms with Crippen molar-refractivity contribution in [3.63, 3.8) is 0 Å². The summed E-state index contributed by atoms with van der Waals surface area (Å²) in [6.45, 7) is 13.9. The molecule has 0 spiro atoms. The van der Waals surface area contributed by atoms with E-state index in [0.717, 1.165) is 12.8 Å². The van der Waals surface area contributed by atoms with Crippen molar-refractivity contribution in [2.24, 2.45) is 5.92 Å². The van der Waals surface area contributed by atoms with Crippen LogP contribution < -0.4 is 4.74 Å². The van der Waals surface area contributed by atoms with Gasteiger partial charge in [0.1, 0.15) is 0 Å². The number of fused-ring (bicyclic) bond motifs is 1. The summed E-state index contributed by atoms with van der Waals surface area (Å²) in [6.07, 6.45) is 6.12. The summed E-state index contributed by atoms with van der Waals surface area (Å²) in [6, 6.07) is 1.60. The van der Waals surface area contributed by atoms with E-state index < -0.39 is 17.5 Å². The topological polar surface area (TPSA) is 18.5 Å². The molecule has 5 heteroatoms. The molecule has 2 heterocycles. The first-order chi connectivity index (χ1) is 14.3. The van der Waals surface area contributed by atoms with E-state index >= 15 is 0 Å². The zero-order valence-corrected chi connectivity index (χ0v) is 17.5. The van der Waals surface area contributed by atoms with Crippen LogP contribution in [0, 0.1) is 17.6 Å². The summed E-state index contributed by atoms with van der Waals surface area (Å²) in [5.74, 6) is -2.74. The molecule has 162 valence electrons.